The average Bonchev–Trinajstić information content (AvgIpc) is 2.96. The second-order valence-corrected chi connectivity index (χ2v) is 5.69. The second kappa shape index (κ2) is 6.45. The third-order valence-corrected chi connectivity index (χ3v) is 4.14. The molecule has 1 saturated carbocycles. The van der Waals surface area contributed by atoms with Crippen molar-refractivity contribution in [3.05, 3.63) is 29.3 Å². The third kappa shape index (κ3) is 3.36. The summed E-state index contributed by atoms with van der Waals surface area (Å²) in [4.78, 5) is 4.18. The molecule has 0 bridgehead atoms. The van der Waals surface area contributed by atoms with E-state index in [0.717, 1.165) is 25.7 Å². The van der Waals surface area contributed by atoms with Gasteiger partial charge in [0, 0.05) is 11.5 Å². The quantitative estimate of drug-likeness (QED) is 0.938. The van der Waals surface area contributed by atoms with Gasteiger partial charge < -0.3 is 9.84 Å². The smallest absolute Gasteiger partial charge is 0.417 e. The van der Waals surface area contributed by atoms with E-state index in [1.165, 1.54) is 0 Å². The van der Waals surface area contributed by atoms with E-state index in [1.807, 2.05) is 18.2 Å². The molecule has 1 aliphatic carbocycles. The molecule has 2 aromatic rings. The lowest BCUT2D eigenvalue weighted by Crippen LogP contribution is -2.29. The lowest BCUT2D eigenvalue weighted by atomic mass is 9.87. The highest BCUT2D eigenvalue weighted by Gasteiger charge is 2.24. The number of aromatic nitrogens is 2. The molecule has 3 rings (SSSR count). The predicted molar refractivity (Wildman–Crippen MR) is 78.2 cm³/mol. The second-order valence-electron chi connectivity index (χ2n) is 5.29. The highest BCUT2D eigenvalue weighted by molar-refractivity contribution is 6.33. The van der Waals surface area contributed by atoms with Crippen molar-refractivity contribution in [1.29, 1.82) is 0 Å². The number of halogens is 1. The van der Waals surface area contributed by atoms with Crippen LogP contribution in [0, 0.1) is 5.92 Å². The Morgan fingerprint density at radius 3 is 2.90 bits per heavy atom. The Kier molecular flexibility index (Phi) is 4.41. The maximum absolute atomic E-state index is 9.90. The summed E-state index contributed by atoms with van der Waals surface area (Å²) >= 11 is 6.09. The summed E-state index contributed by atoms with van der Waals surface area (Å²) in [5.74, 6) is 0.536. The Hall–Kier alpha value is -1.59. The van der Waals surface area contributed by atoms with Crippen molar-refractivity contribution in [3.8, 4) is 17.5 Å². The van der Waals surface area contributed by atoms with Crippen molar-refractivity contribution in [1.82, 2.24) is 10.1 Å². The zero-order valence-electron chi connectivity index (χ0n) is 11.5. The Bertz CT molecular complexity index is 602. The van der Waals surface area contributed by atoms with Gasteiger partial charge in [-0.3, -0.25) is 4.52 Å². The van der Waals surface area contributed by atoms with Gasteiger partial charge in [-0.1, -0.05) is 41.7 Å². The largest absolute Gasteiger partial charge is 0.448 e. The summed E-state index contributed by atoms with van der Waals surface area (Å²) < 4.78 is 10.6. The van der Waals surface area contributed by atoms with E-state index in [-0.39, 0.29) is 18.1 Å². The van der Waals surface area contributed by atoms with Gasteiger partial charge in [0.2, 0.25) is 5.82 Å². The van der Waals surface area contributed by atoms with Crippen LogP contribution in [-0.4, -0.2) is 28.0 Å². The minimum atomic E-state index is -0.301. The number of nitrogens with zero attached hydrogens (tertiary/aromatic N) is 2. The lowest BCUT2D eigenvalue weighted by molar-refractivity contribution is 0.0331. The van der Waals surface area contributed by atoms with Gasteiger partial charge in [-0.15, -0.1) is 0 Å². The highest BCUT2D eigenvalue weighted by Crippen LogP contribution is 2.28. The standard InChI is InChI=1S/C15H17ClN2O3/c16-12-7-3-2-6-11(12)14-17-15(21-18-14)20-9-10-5-1-4-8-13(10)19/h2-3,6-7,10,13,19H,1,4-5,8-9H2/t10-,13+/m1/s1. The van der Waals surface area contributed by atoms with E-state index in [9.17, 15) is 5.11 Å². The molecule has 1 fully saturated rings. The fraction of sp³-hybridized carbons (Fsp3) is 0.467. The van der Waals surface area contributed by atoms with Crippen molar-refractivity contribution < 1.29 is 14.4 Å². The van der Waals surface area contributed by atoms with E-state index < -0.39 is 0 Å². The average molecular weight is 309 g/mol. The van der Waals surface area contributed by atoms with Crippen LogP contribution < -0.4 is 4.74 Å². The third-order valence-electron chi connectivity index (χ3n) is 3.81. The van der Waals surface area contributed by atoms with Crippen LogP contribution in [0.25, 0.3) is 11.4 Å². The predicted octanol–water partition coefficient (Wildman–Crippen LogP) is 3.32. The van der Waals surface area contributed by atoms with Gasteiger partial charge >= 0.3 is 6.08 Å². The Morgan fingerprint density at radius 2 is 2.10 bits per heavy atom. The van der Waals surface area contributed by atoms with Crippen LogP contribution in [0.15, 0.2) is 28.8 Å². The minimum absolute atomic E-state index is 0.114. The van der Waals surface area contributed by atoms with Crippen LogP contribution in [0.1, 0.15) is 25.7 Å². The highest BCUT2D eigenvalue weighted by atomic mass is 35.5. The summed E-state index contributed by atoms with van der Waals surface area (Å²) in [5, 5.41) is 14.3. The number of aliphatic hydroxyl groups excluding tert-OH is 1. The molecular weight excluding hydrogens is 292 g/mol. The molecule has 112 valence electrons. The van der Waals surface area contributed by atoms with Crippen LogP contribution in [0.3, 0.4) is 0 Å². The molecule has 2 atom stereocenters. The first-order valence-electron chi connectivity index (χ1n) is 7.13. The van der Waals surface area contributed by atoms with Gasteiger partial charge in [0.1, 0.15) is 0 Å². The summed E-state index contributed by atoms with van der Waals surface area (Å²) in [6, 6.07) is 7.29. The molecule has 5 nitrogen and oxygen atoms in total. The van der Waals surface area contributed by atoms with Crippen LogP contribution in [-0.2, 0) is 0 Å². The van der Waals surface area contributed by atoms with Crippen LogP contribution in [0.5, 0.6) is 6.08 Å². The molecule has 1 aromatic heterocycles. The first-order valence-corrected chi connectivity index (χ1v) is 7.51. The molecule has 1 heterocycles. The van der Waals surface area contributed by atoms with Crippen LogP contribution >= 0.6 is 11.6 Å². The van der Waals surface area contributed by atoms with Gasteiger partial charge in [0.15, 0.2) is 0 Å². The summed E-state index contributed by atoms with van der Waals surface area (Å²) in [7, 11) is 0. The fourth-order valence-corrected chi connectivity index (χ4v) is 2.80. The number of aliphatic hydroxyl groups is 1. The minimum Gasteiger partial charge on any atom is -0.448 e. The zero-order valence-corrected chi connectivity index (χ0v) is 12.3. The van der Waals surface area contributed by atoms with Gasteiger partial charge in [-0.05, 0) is 25.0 Å². The van der Waals surface area contributed by atoms with Gasteiger partial charge in [-0.2, -0.15) is 4.98 Å². The number of ether oxygens (including phenoxy) is 1. The maximum atomic E-state index is 9.90. The SMILES string of the molecule is O[C@H]1CCCC[C@@H]1COc1nc(-c2ccccc2Cl)no1. The van der Waals surface area contributed by atoms with Crippen LogP contribution in [0.4, 0.5) is 0 Å². The summed E-state index contributed by atoms with van der Waals surface area (Å²) in [5.41, 5.74) is 0.704. The van der Waals surface area contributed by atoms with Crippen molar-refractivity contribution in [2.45, 2.75) is 31.8 Å². The molecule has 1 aromatic carbocycles. The lowest BCUT2D eigenvalue weighted by Gasteiger charge is -2.26. The number of hydrogen-bond donors (Lipinski definition) is 1. The van der Waals surface area contributed by atoms with Gasteiger partial charge in [-0.25, -0.2) is 0 Å². The maximum Gasteiger partial charge on any atom is 0.417 e. The van der Waals surface area contributed by atoms with Gasteiger partial charge in [0.25, 0.3) is 0 Å². The summed E-state index contributed by atoms with van der Waals surface area (Å²) in [6.07, 6.45) is 3.82. The van der Waals surface area contributed by atoms with Crippen molar-refractivity contribution in [2.75, 3.05) is 6.61 Å². The number of benzene rings is 1. The molecule has 0 aliphatic heterocycles. The van der Waals surface area contributed by atoms with E-state index in [1.54, 1.807) is 6.07 Å². The normalized spacial score (nSPS) is 22.2. The fourth-order valence-electron chi connectivity index (χ4n) is 2.58. The number of hydrogen-bond acceptors (Lipinski definition) is 5. The molecule has 1 N–H and O–H groups in total. The molecule has 0 spiro atoms. The molecule has 0 unspecified atom stereocenters. The molecule has 0 amide bonds. The molecule has 6 heteroatoms. The first kappa shape index (κ1) is 14.4. The number of rotatable bonds is 4. The molecule has 0 saturated heterocycles. The van der Waals surface area contributed by atoms with Crippen molar-refractivity contribution in [3.63, 3.8) is 0 Å². The van der Waals surface area contributed by atoms with E-state index in [0.29, 0.717) is 23.0 Å². The Morgan fingerprint density at radius 1 is 1.29 bits per heavy atom. The molecule has 0 radical (unpaired) electrons. The van der Waals surface area contributed by atoms with E-state index in [4.69, 9.17) is 20.9 Å². The molecule has 21 heavy (non-hydrogen) atoms. The molecular formula is C15H17ClN2O3. The topological polar surface area (TPSA) is 68.4 Å². The van der Waals surface area contributed by atoms with Gasteiger partial charge in [0.05, 0.1) is 17.7 Å². The Balaban J connectivity index is 1.64. The monoisotopic (exact) mass is 308 g/mol. The van der Waals surface area contributed by atoms with E-state index in [2.05, 4.69) is 10.1 Å². The van der Waals surface area contributed by atoms with Crippen LogP contribution in [0.2, 0.25) is 5.02 Å². The summed E-state index contributed by atoms with van der Waals surface area (Å²) in [6.45, 7) is 0.394. The van der Waals surface area contributed by atoms with Crippen molar-refractivity contribution >= 4 is 11.6 Å². The zero-order chi connectivity index (χ0) is 14.7. The Labute approximate surface area is 127 Å². The first-order chi connectivity index (χ1) is 10.2. The van der Waals surface area contributed by atoms with E-state index >= 15 is 0 Å². The molecule has 1 aliphatic rings. The van der Waals surface area contributed by atoms with Crippen molar-refractivity contribution in [2.24, 2.45) is 5.92 Å².